The molecule has 0 aliphatic carbocycles. The Labute approximate surface area is 139 Å². The summed E-state index contributed by atoms with van der Waals surface area (Å²) in [6.07, 6.45) is 7.03. The summed E-state index contributed by atoms with van der Waals surface area (Å²) in [6.45, 7) is 2.87. The highest BCUT2D eigenvalue weighted by Crippen LogP contribution is 2.19. The first kappa shape index (κ1) is 15.7. The van der Waals surface area contributed by atoms with Crippen LogP contribution in [0.25, 0.3) is 12.2 Å². The number of piperidine rings is 1. The molecule has 0 bridgehead atoms. The summed E-state index contributed by atoms with van der Waals surface area (Å²) in [5, 5.41) is 6.37. The van der Waals surface area contributed by atoms with Crippen molar-refractivity contribution in [3.63, 3.8) is 0 Å². The smallest absolute Gasteiger partial charge is 0.250 e. The van der Waals surface area contributed by atoms with E-state index in [1.165, 1.54) is 4.68 Å². The molecule has 120 valence electrons. The predicted molar refractivity (Wildman–Crippen MR) is 91.1 cm³/mol. The molecule has 2 aromatic heterocycles. The fourth-order valence-corrected chi connectivity index (χ4v) is 3.35. The summed E-state index contributed by atoms with van der Waals surface area (Å²) < 4.78 is 1.43. The van der Waals surface area contributed by atoms with Gasteiger partial charge < -0.3 is 4.90 Å². The van der Waals surface area contributed by atoms with E-state index in [1.54, 1.807) is 29.4 Å². The van der Waals surface area contributed by atoms with Gasteiger partial charge in [-0.2, -0.15) is 5.10 Å². The molecule has 0 saturated carbocycles. The summed E-state index contributed by atoms with van der Waals surface area (Å²) in [5.41, 5.74) is 0.771. The molecule has 1 aliphatic rings. The Kier molecular flexibility index (Phi) is 4.71. The van der Waals surface area contributed by atoms with Crippen molar-refractivity contribution in [2.45, 2.75) is 19.8 Å². The summed E-state index contributed by atoms with van der Waals surface area (Å²) in [7, 11) is 0. The predicted octanol–water partition coefficient (Wildman–Crippen LogP) is 3.01. The highest BCUT2D eigenvalue weighted by Gasteiger charge is 2.27. The minimum atomic E-state index is -0.0559. The van der Waals surface area contributed by atoms with E-state index in [1.807, 2.05) is 35.7 Å². The van der Waals surface area contributed by atoms with E-state index in [0.29, 0.717) is 25.9 Å². The van der Waals surface area contributed by atoms with Crippen molar-refractivity contribution in [3.8, 4) is 0 Å². The number of amides is 1. The maximum atomic E-state index is 12.5. The number of hydrogen-bond acceptors (Lipinski definition) is 4. The summed E-state index contributed by atoms with van der Waals surface area (Å²) in [4.78, 5) is 26.8. The van der Waals surface area contributed by atoms with Gasteiger partial charge in [0.2, 0.25) is 11.8 Å². The van der Waals surface area contributed by atoms with Crippen LogP contribution in [0.1, 0.15) is 35.1 Å². The van der Waals surface area contributed by atoms with Gasteiger partial charge in [0.15, 0.2) is 0 Å². The number of rotatable bonds is 3. The topological polar surface area (TPSA) is 55.2 Å². The van der Waals surface area contributed by atoms with Crippen LogP contribution >= 0.6 is 11.3 Å². The zero-order valence-corrected chi connectivity index (χ0v) is 13.8. The van der Waals surface area contributed by atoms with Gasteiger partial charge in [-0.05, 0) is 42.5 Å². The molecular weight excluding hydrogens is 310 g/mol. The van der Waals surface area contributed by atoms with Crippen molar-refractivity contribution in [1.82, 2.24) is 14.7 Å². The molecule has 1 aliphatic heterocycles. The second-order valence-electron chi connectivity index (χ2n) is 5.65. The van der Waals surface area contributed by atoms with Crippen molar-refractivity contribution in [1.29, 1.82) is 0 Å². The van der Waals surface area contributed by atoms with Gasteiger partial charge in [0.25, 0.3) is 0 Å². The number of thiophene rings is 1. The number of likely N-dealkylation sites (tertiary alicyclic amines) is 1. The van der Waals surface area contributed by atoms with Crippen molar-refractivity contribution >= 4 is 35.3 Å². The number of carbonyl (C=O) groups excluding carboxylic acids is 2. The molecule has 0 aromatic carbocycles. The normalized spacial score (nSPS) is 16.1. The second-order valence-corrected chi connectivity index (χ2v) is 6.63. The fourth-order valence-electron chi connectivity index (χ4n) is 2.73. The quantitative estimate of drug-likeness (QED) is 0.870. The molecule has 0 spiro atoms. The van der Waals surface area contributed by atoms with Gasteiger partial charge in [0, 0.05) is 37.0 Å². The Morgan fingerprint density at radius 3 is 2.70 bits per heavy atom. The summed E-state index contributed by atoms with van der Waals surface area (Å²) >= 11 is 1.66. The van der Waals surface area contributed by atoms with Gasteiger partial charge in [-0.3, -0.25) is 9.59 Å². The Morgan fingerprint density at radius 2 is 2.04 bits per heavy atom. The Bertz CT molecular complexity index is 710. The van der Waals surface area contributed by atoms with Crippen LogP contribution in [0.4, 0.5) is 0 Å². The van der Waals surface area contributed by atoms with Crippen molar-refractivity contribution < 1.29 is 9.59 Å². The van der Waals surface area contributed by atoms with Crippen LogP contribution in [0, 0.1) is 5.92 Å². The second kappa shape index (κ2) is 6.91. The molecule has 5 nitrogen and oxygen atoms in total. The van der Waals surface area contributed by atoms with Crippen molar-refractivity contribution in [3.05, 3.63) is 40.3 Å². The van der Waals surface area contributed by atoms with Crippen LogP contribution in [0.3, 0.4) is 0 Å². The first-order valence-corrected chi connectivity index (χ1v) is 8.58. The molecule has 0 atom stereocenters. The lowest BCUT2D eigenvalue weighted by Crippen LogP contribution is -2.40. The van der Waals surface area contributed by atoms with Crippen LogP contribution in [0.2, 0.25) is 0 Å². The van der Waals surface area contributed by atoms with E-state index in [9.17, 15) is 9.59 Å². The van der Waals surface area contributed by atoms with Crippen LogP contribution in [0.5, 0.6) is 0 Å². The molecule has 1 fully saturated rings. The molecule has 1 saturated heterocycles. The molecule has 3 rings (SSSR count). The molecule has 23 heavy (non-hydrogen) atoms. The van der Waals surface area contributed by atoms with Gasteiger partial charge in [-0.15, -0.1) is 11.3 Å². The molecule has 6 heteroatoms. The maximum absolute atomic E-state index is 12.5. The summed E-state index contributed by atoms with van der Waals surface area (Å²) in [5.74, 6) is 0.0413. The van der Waals surface area contributed by atoms with Crippen LogP contribution in [-0.4, -0.2) is 39.6 Å². The first-order valence-electron chi connectivity index (χ1n) is 7.70. The third kappa shape index (κ3) is 3.76. The lowest BCUT2D eigenvalue weighted by molar-refractivity contribution is -0.130. The third-order valence-electron chi connectivity index (χ3n) is 4.09. The largest absolute Gasteiger partial charge is 0.343 e. The standard InChI is InChI=1S/C17H19N3O2S/c1-13(21)19-9-6-14(7-10-19)17(22)20-11-8-15(18-20)4-5-16-3-2-12-23-16/h2-5,8,11-12,14H,6-7,9-10H2,1H3. The monoisotopic (exact) mass is 329 g/mol. The first-order chi connectivity index (χ1) is 11.1. The molecule has 0 unspecified atom stereocenters. The number of aromatic nitrogens is 2. The van der Waals surface area contributed by atoms with E-state index in [2.05, 4.69) is 5.10 Å². The van der Waals surface area contributed by atoms with Crippen LogP contribution < -0.4 is 0 Å². The van der Waals surface area contributed by atoms with Gasteiger partial charge in [0.05, 0.1) is 5.69 Å². The SMILES string of the molecule is CC(=O)N1CCC(C(=O)n2ccc(C=Cc3cccs3)n2)CC1. The Balaban J connectivity index is 1.61. The van der Waals surface area contributed by atoms with E-state index in [4.69, 9.17) is 0 Å². The molecule has 0 radical (unpaired) electrons. The summed E-state index contributed by atoms with van der Waals surface area (Å²) in [6, 6.07) is 5.87. The fraction of sp³-hybridized carbons (Fsp3) is 0.353. The van der Waals surface area contributed by atoms with Crippen molar-refractivity contribution in [2.75, 3.05) is 13.1 Å². The molecule has 0 N–H and O–H groups in total. The Hall–Kier alpha value is -2.21. The lowest BCUT2D eigenvalue weighted by Gasteiger charge is -2.30. The highest BCUT2D eigenvalue weighted by molar-refractivity contribution is 7.10. The number of nitrogens with zero attached hydrogens (tertiary/aromatic N) is 3. The van der Waals surface area contributed by atoms with E-state index < -0.39 is 0 Å². The number of carbonyl (C=O) groups is 2. The zero-order valence-electron chi connectivity index (χ0n) is 13.0. The van der Waals surface area contributed by atoms with Gasteiger partial charge in [-0.1, -0.05) is 6.07 Å². The molecular formula is C17H19N3O2S. The van der Waals surface area contributed by atoms with E-state index >= 15 is 0 Å². The molecule has 2 aromatic rings. The van der Waals surface area contributed by atoms with Gasteiger partial charge >= 0.3 is 0 Å². The lowest BCUT2D eigenvalue weighted by atomic mass is 9.96. The molecule has 3 heterocycles. The Morgan fingerprint density at radius 1 is 1.26 bits per heavy atom. The van der Waals surface area contributed by atoms with Gasteiger partial charge in [-0.25, -0.2) is 4.68 Å². The van der Waals surface area contributed by atoms with Crippen molar-refractivity contribution in [2.24, 2.45) is 5.92 Å². The van der Waals surface area contributed by atoms with Crippen LogP contribution in [-0.2, 0) is 4.79 Å². The number of hydrogen-bond donors (Lipinski definition) is 0. The minimum absolute atomic E-state index is 0.0176. The van der Waals surface area contributed by atoms with Gasteiger partial charge in [0.1, 0.15) is 0 Å². The third-order valence-corrected chi connectivity index (χ3v) is 4.92. The van der Waals surface area contributed by atoms with E-state index in [0.717, 1.165) is 10.6 Å². The van der Waals surface area contributed by atoms with Crippen LogP contribution in [0.15, 0.2) is 29.8 Å². The highest BCUT2D eigenvalue weighted by atomic mass is 32.1. The average molecular weight is 329 g/mol. The zero-order chi connectivity index (χ0) is 16.2. The average Bonchev–Trinajstić information content (AvgIpc) is 3.24. The maximum Gasteiger partial charge on any atom is 0.250 e. The minimum Gasteiger partial charge on any atom is -0.343 e. The molecule has 1 amide bonds. The van der Waals surface area contributed by atoms with E-state index in [-0.39, 0.29) is 17.7 Å².